The third-order valence-electron chi connectivity index (χ3n) is 3.79. The maximum absolute atomic E-state index is 13.3. The molecular weight excluding hydrogens is 234 g/mol. The van der Waals surface area contributed by atoms with Gasteiger partial charge in [0.25, 0.3) is 0 Å². The Bertz CT molecular complexity index is 367. The molecule has 0 radical (unpaired) electrons. The van der Waals surface area contributed by atoms with Crippen LogP contribution in [0.1, 0.15) is 50.1 Å². The summed E-state index contributed by atoms with van der Waals surface area (Å²) < 4.78 is 26.5. The molecule has 18 heavy (non-hydrogen) atoms. The Labute approximate surface area is 107 Å². The van der Waals surface area contributed by atoms with Gasteiger partial charge in [0.15, 0.2) is 0 Å². The minimum Gasteiger partial charge on any atom is -0.271 e. The largest absolute Gasteiger partial charge is 0.271 e. The molecular formula is C14H20F2N2. The second-order valence-corrected chi connectivity index (χ2v) is 5.10. The van der Waals surface area contributed by atoms with Crippen molar-refractivity contribution < 1.29 is 8.78 Å². The Morgan fingerprint density at radius 1 is 1.00 bits per heavy atom. The molecule has 0 heterocycles. The molecule has 1 aromatic carbocycles. The second kappa shape index (κ2) is 6.25. The fraction of sp³-hybridized carbons (Fsp3) is 0.571. The summed E-state index contributed by atoms with van der Waals surface area (Å²) in [6.07, 6.45) is 6.94. The zero-order valence-electron chi connectivity index (χ0n) is 10.5. The summed E-state index contributed by atoms with van der Waals surface area (Å²) in [5.74, 6) is 4.87. The first-order chi connectivity index (χ1) is 8.70. The van der Waals surface area contributed by atoms with Crippen LogP contribution in [0.5, 0.6) is 0 Å². The quantitative estimate of drug-likeness (QED) is 0.492. The Morgan fingerprint density at radius 3 is 2.06 bits per heavy atom. The summed E-state index contributed by atoms with van der Waals surface area (Å²) >= 11 is 0. The number of halogens is 2. The summed E-state index contributed by atoms with van der Waals surface area (Å²) in [6.45, 7) is 0. The molecule has 0 bridgehead atoms. The predicted octanol–water partition coefficient (Wildman–Crippen LogP) is 3.44. The lowest BCUT2D eigenvalue weighted by Crippen LogP contribution is -2.33. The molecule has 1 unspecified atom stereocenters. The van der Waals surface area contributed by atoms with Crippen molar-refractivity contribution in [3.05, 3.63) is 35.4 Å². The van der Waals surface area contributed by atoms with Gasteiger partial charge in [-0.05, 0) is 36.5 Å². The van der Waals surface area contributed by atoms with E-state index in [9.17, 15) is 8.78 Å². The Morgan fingerprint density at radius 2 is 1.56 bits per heavy atom. The zero-order valence-corrected chi connectivity index (χ0v) is 10.5. The van der Waals surface area contributed by atoms with Crippen molar-refractivity contribution in [2.24, 2.45) is 11.8 Å². The molecule has 0 aromatic heterocycles. The van der Waals surface area contributed by atoms with E-state index in [2.05, 4.69) is 5.43 Å². The van der Waals surface area contributed by atoms with Gasteiger partial charge in [0.05, 0.1) is 0 Å². The van der Waals surface area contributed by atoms with E-state index in [4.69, 9.17) is 5.84 Å². The SMILES string of the molecule is NNC(c1cc(F)cc(F)c1)C1CCCCCC1. The van der Waals surface area contributed by atoms with Crippen LogP contribution in [0.4, 0.5) is 8.78 Å². The number of nitrogens with two attached hydrogens (primary N) is 1. The highest BCUT2D eigenvalue weighted by Crippen LogP contribution is 2.33. The van der Waals surface area contributed by atoms with Gasteiger partial charge in [0.2, 0.25) is 0 Å². The van der Waals surface area contributed by atoms with Crippen molar-refractivity contribution >= 4 is 0 Å². The van der Waals surface area contributed by atoms with Crippen molar-refractivity contribution in [1.82, 2.24) is 5.43 Å². The third-order valence-corrected chi connectivity index (χ3v) is 3.79. The smallest absolute Gasteiger partial charge is 0.126 e. The highest BCUT2D eigenvalue weighted by atomic mass is 19.1. The highest BCUT2D eigenvalue weighted by molar-refractivity contribution is 5.22. The van der Waals surface area contributed by atoms with E-state index >= 15 is 0 Å². The normalized spacial score (nSPS) is 19.5. The maximum atomic E-state index is 13.3. The molecule has 1 aliphatic carbocycles. The van der Waals surface area contributed by atoms with Gasteiger partial charge < -0.3 is 0 Å². The van der Waals surface area contributed by atoms with Crippen LogP contribution in [0.2, 0.25) is 0 Å². The van der Waals surface area contributed by atoms with E-state index in [1.165, 1.54) is 37.8 Å². The minimum atomic E-state index is -0.543. The Kier molecular flexibility index (Phi) is 4.66. The van der Waals surface area contributed by atoms with Crippen LogP contribution in [-0.2, 0) is 0 Å². The maximum Gasteiger partial charge on any atom is 0.126 e. The molecule has 0 saturated heterocycles. The number of nitrogens with one attached hydrogen (secondary N) is 1. The fourth-order valence-electron chi connectivity index (χ4n) is 2.90. The summed E-state index contributed by atoms with van der Waals surface area (Å²) in [5.41, 5.74) is 3.35. The third kappa shape index (κ3) is 3.27. The van der Waals surface area contributed by atoms with Gasteiger partial charge in [0.1, 0.15) is 11.6 Å². The molecule has 1 saturated carbocycles. The standard InChI is InChI=1S/C14H20F2N2/c15-12-7-11(8-13(16)9-12)14(18-17)10-5-3-1-2-4-6-10/h7-10,14,18H,1-6,17H2. The number of hydrogen-bond acceptors (Lipinski definition) is 2. The van der Waals surface area contributed by atoms with Gasteiger partial charge in [-0.25, -0.2) is 8.78 Å². The van der Waals surface area contributed by atoms with Crippen molar-refractivity contribution in [3.8, 4) is 0 Å². The molecule has 2 rings (SSSR count). The molecule has 1 fully saturated rings. The summed E-state index contributed by atoms with van der Waals surface area (Å²) in [4.78, 5) is 0. The van der Waals surface area contributed by atoms with E-state index in [1.54, 1.807) is 0 Å². The summed E-state index contributed by atoms with van der Waals surface area (Å²) in [6, 6.07) is 3.48. The first-order valence-corrected chi connectivity index (χ1v) is 6.63. The zero-order chi connectivity index (χ0) is 13.0. The molecule has 1 atom stereocenters. The van der Waals surface area contributed by atoms with Crippen molar-refractivity contribution in [3.63, 3.8) is 0 Å². The molecule has 2 nitrogen and oxygen atoms in total. The topological polar surface area (TPSA) is 38.0 Å². The molecule has 1 aromatic rings. The van der Waals surface area contributed by atoms with Gasteiger partial charge in [0, 0.05) is 12.1 Å². The Hall–Kier alpha value is -1.00. The first-order valence-electron chi connectivity index (χ1n) is 6.63. The number of benzene rings is 1. The lowest BCUT2D eigenvalue weighted by atomic mass is 9.87. The van der Waals surface area contributed by atoms with Crippen LogP contribution in [0.25, 0.3) is 0 Å². The number of hydrogen-bond donors (Lipinski definition) is 2. The monoisotopic (exact) mass is 254 g/mol. The van der Waals surface area contributed by atoms with E-state index < -0.39 is 11.6 Å². The van der Waals surface area contributed by atoms with E-state index in [0.717, 1.165) is 18.9 Å². The molecule has 0 spiro atoms. The Balaban J connectivity index is 2.20. The van der Waals surface area contributed by atoms with Crippen LogP contribution in [0, 0.1) is 17.6 Å². The van der Waals surface area contributed by atoms with Crippen LogP contribution in [-0.4, -0.2) is 0 Å². The van der Waals surface area contributed by atoms with Gasteiger partial charge in [-0.3, -0.25) is 11.3 Å². The molecule has 0 aliphatic heterocycles. The summed E-state index contributed by atoms with van der Waals surface area (Å²) in [7, 11) is 0. The van der Waals surface area contributed by atoms with E-state index in [0.29, 0.717) is 11.5 Å². The molecule has 0 amide bonds. The first kappa shape index (κ1) is 13.4. The van der Waals surface area contributed by atoms with Gasteiger partial charge >= 0.3 is 0 Å². The van der Waals surface area contributed by atoms with Crippen molar-refractivity contribution in [2.75, 3.05) is 0 Å². The molecule has 4 heteroatoms. The number of rotatable bonds is 3. The van der Waals surface area contributed by atoms with Gasteiger partial charge in [-0.2, -0.15) is 0 Å². The number of hydrazine groups is 1. The van der Waals surface area contributed by atoms with Gasteiger partial charge in [-0.15, -0.1) is 0 Å². The summed E-state index contributed by atoms with van der Waals surface area (Å²) in [5, 5.41) is 0. The van der Waals surface area contributed by atoms with Gasteiger partial charge in [-0.1, -0.05) is 25.7 Å². The van der Waals surface area contributed by atoms with Crippen LogP contribution >= 0.6 is 0 Å². The average molecular weight is 254 g/mol. The average Bonchev–Trinajstić information content (AvgIpc) is 2.58. The lowest BCUT2D eigenvalue weighted by molar-refractivity contribution is 0.327. The van der Waals surface area contributed by atoms with Crippen LogP contribution in [0.3, 0.4) is 0 Å². The van der Waals surface area contributed by atoms with Crippen LogP contribution in [0.15, 0.2) is 18.2 Å². The molecule has 100 valence electrons. The van der Waals surface area contributed by atoms with E-state index in [-0.39, 0.29) is 6.04 Å². The molecule has 3 N–H and O–H groups in total. The highest BCUT2D eigenvalue weighted by Gasteiger charge is 2.24. The lowest BCUT2D eigenvalue weighted by Gasteiger charge is -2.26. The van der Waals surface area contributed by atoms with Crippen molar-refractivity contribution in [1.29, 1.82) is 0 Å². The minimum absolute atomic E-state index is 0.159. The van der Waals surface area contributed by atoms with Crippen LogP contribution < -0.4 is 11.3 Å². The second-order valence-electron chi connectivity index (χ2n) is 5.10. The predicted molar refractivity (Wildman–Crippen MR) is 67.6 cm³/mol. The molecule has 1 aliphatic rings. The van der Waals surface area contributed by atoms with Crippen molar-refractivity contribution in [2.45, 2.75) is 44.6 Å². The van der Waals surface area contributed by atoms with E-state index in [1.807, 2.05) is 0 Å². The fourth-order valence-corrected chi connectivity index (χ4v) is 2.90.